The van der Waals surface area contributed by atoms with Crippen LogP contribution in [0.3, 0.4) is 0 Å². The fraction of sp³-hybridized carbons (Fsp3) is 0.611. The van der Waals surface area contributed by atoms with Gasteiger partial charge < -0.3 is 20.1 Å². The van der Waals surface area contributed by atoms with E-state index in [1.54, 1.807) is 7.11 Å². The van der Waals surface area contributed by atoms with E-state index in [9.17, 15) is 4.79 Å². The first kappa shape index (κ1) is 17.6. The molecule has 1 saturated heterocycles. The van der Waals surface area contributed by atoms with Gasteiger partial charge in [-0.15, -0.1) is 0 Å². The van der Waals surface area contributed by atoms with Crippen LogP contribution in [0.15, 0.2) is 18.2 Å². The zero-order chi connectivity index (χ0) is 16.5. The second kappa shape index (κ2) is 9.40. The van der Waals surface area contributed by atoms with Crippen LogP contribution in [0.1, 0.15) is 38.2 Å². The molecule has 0 bridgehead atoms. The lowest BCUT2D eigenvalue weighted by Crippen LogP contribution is -2.39. The van der Waals surface area contributed by atoms with E-state index in [2.05, 4.69) is 10.6 Å². The fourth-order valence-corrected chi connectivity index (χ4v) is 2.88. The van der Waals surface area contributed by atoms with Crippen molar-refractivity contribution in [2.45, 2.75) is 45.1 Å². The van der Waals surface area contributed by atoms with E-state index in [1.807, 2.05) is 25.1 Å². The van der Waals surface area contributed by atoms with Crippen LogP contribution in [0, 0.1) is 0 Å². The molecule has 23 heavy (non-hydrogen) atoms. The van der Waals surface area contributed by atoms with E-state index in [-0.39, 0.29) is 5.91 Å². The number of ether oxygens (including phenoxy) is 2. The second-order valence-electron chi connectivity index (χ2n) is 5.87. The Morgan fingerprint density at radius 2 is 2.22 bits per heavy atom. The number of hydrogen-bond acceptors (Lipinski definition) is 4. The van der Waals surface area contributed by atoms with Crippen molar-refractivity contribution in [3.05, 3.63) is 23.8 Å². The zero-order valence-corrected chi connectivity index (χ0v) is 14.2. The van der Waals surface area contributed by atoms with Crippen molar-refractivity contribution < 1.29 is 14.3 Å². The fourth-order valence-electron chi connectivity index (χ4n) is 2.88. The molecule has 0 aromatic heterocycles. The first-order chi connectivity index (χ1) is 11.2. The topological polar surface area (TPSA) is 59.6 Å². The van der Waals surface area contributed by atoms with Crippen LogP contribution in [0.25, 0.3) is 0 Å². The van der Waals surface area contributed by atoms with E-state index >= 15 is 0 Å². The third-order valence-electron chi connectivity index (χ3n) is 4.11. The normalized spacial score (nSPS) is 17.6. The highest BCUT2D eigenvalue weighted by molar-refractivity contribution is 5.76. The zero-order valence-electron chi connectivity index (χ0n) is 14.2. The van der Waals surface area contributed by atoms with Crippen LogP contribution in [0.4, 0.5) is 0 Å². The summed E-state index contributed by atoms with van der Waals surface area (Å²) in [5, 5.41) is 6.40. The average molecular weight is 320 g/mol. The summed E-state index contributed by atoms with van der Waals surface area (Å²) in [4.78, 5) is 12.0. The van der Waals surface area contributed by atoms with Crippen LogP contribution in [-0.4, -0.2) is 38.8 Å². The van der Waals surface area contributed by atoms with Gasteiger partial charge in [-0.25, -0.2) is 0 Å². The molecule has 5 nitrogen and oxygen atoms in total. The number of amides is 1. The van der Waals surface area contributed by atoms with Crippen LogP contribution < -0.4 is 20.1 Å². The van der Waals surface area contributed by atoms with E-state index < -0.39 is 0 Å². The third-order valence-corrected chi connectivity index (χ3v) is 4.11. The molecule has 128 valence electrons. The quantitative estimate of drug-likeness (QED) is 0.771. The molecule has 2 rings (SSSR count). The predicted octanol–water partition coefficient (Wildman–Crippen LogP) is 2.28. The minimum Gasteiger partial charge on any atom is -0.493 e. The van der Waals surface area contributed by atoms with E-state index in [0.717, 1.165) is 36.4 Å². The van der Waals surface area contributed by atoms with Gasteiger partial charge in [0.1, 0.15) is 0 Å². The molecule has 1 heterocycles. The molecule has 1 fully saturated rings. The van der Waals surface area contributed by atoms with Crippen molar-refractivity contribution in [3.8, 4) is 11.5 Å². The maximum Gasteiger partial charge on any atom is 0.221 e. The molecular formula is C18H28N2O3. The van der Waals surface area contributed by atoms with Crippen molar-refractivity contribution in [1.29, 1.82) is 0 Å². The Labute approximate surface area is 138 Å². The summed E-state index contributed by atoms with van der Waals surface area (Å²) in [7, 11) is 1.64. The van der Waals surface area contributed by atoms with Crippen molar-refractivity contribution in [3.63, 3.8) is 0 Å². The SMILES string of the molecule is CCOc1ccc(CCNC(=O)CC2CCCCN2)cc1OC. The van der Waals surface area contributed by atoms with E-state index in [0.29, 0.717) is 25.6 Å². The monoisotopic (exact) mass is 320 g/mol. The molecule has 1 unspecified atom stereocenters. The molecule has 5 heteroatoms. The lowest BCUT2D eigenvalue weighted by molar-refractivity contribution is -0.121. The standard InChI is InChI=1S/C18H28N2O3/c1-3-23-16-8-7-14(12-17(16)22-2)9-11-20-18(21)13-15-6-4-5-10-19-15/h7-8,12,15,19H,3-6,9-11,13H2,1-2H3,(H,20,21). The summed E-state index contributed by atoms with van der Waals surface area (Å²) < 4.78 is 10.9. The van der Waals surface area contributed by atoms with Gasteiger partial charge in [0.2, 0.25) is 5.91 Å². The smallest absolute Gasteiger partial charge is 0.221 e. The van der Waals surface area contributed by atoms with Crippen LogP contribution >= 0.6 is 0 Å². The molecule has 1 amide bonds. The molecule has 0 saturated carbocycles. The molecule has 0 aliphatic carbocycles. The van der Waals surface area contributed by atoms with E-state index in [4.69, 9.17) is 9.47 Å². The number of nitrogens with one attached hydrogen (secondary N) is 2. The number of benzene rings is 1. The van der Waals surface area contributed by atoms with Gasteiger partial charge in [-0.1, -0.05) is 12.5 Å². The Kier molecular flexibility index (Phi) is 7.20. The van der Waals surface area contributed by atoms with Crippen molar-refractivity contribution in [1.82, 2.24) is 10.6 Å². The van der Waals surface area contributed by atoms with Gasteiger partial charge in [-0.3, -0.25) is 4.79 Å². The average Bonchev–Trinajstić information content (AvgIpc) is 2.57. The van der Waals surface area contributed by atoms with Gasteiger partial charge in [0.05, 0.1) is 13.7 Å². The molecule has 1 aromatic rings. The van der Waals surface area contributed by atoms with Crippen molar-refractivity contribution in [2.24, 2.45) is 0 Å². The minimum atomic E-state index is 0.127. The maximum absolute atomic E-state index is 12.0. The first-order valence-electron chi connectivity index (χ1n) is 8.52. The van der Waals surface area contributed by atoms with Gasteiger partial charge in [-0.2, -0.15) is 0 Å². The number of piperidine rings is 1. The molecule has 0 radical (unpaired) electrons. The second-order valence-corrected chi connectivity index (χ2v) is 5.87. The maximum atomic E-state index is 12.0. The number of carbonyl (C=O) groups is 1. The van der Waals surface area contributed by atoms with Crippen LogP contribution in [0.5, 0.6) is 11.5 Å². The molecule has 0 spiro atoms. The highest BCUT2D eigenvalue weighted by atomic mass is 16.5. The Bertz CT molecular complexity index is 499. The predicted molar refractivity (Wildman–Crippen MR) is 91.1 cm³/mol. The summed E-state index contributed by atoms with van der Waals surface area (Å²) in [6.45, 7) is 4.23. The molecule has 1 aromatic carbocycles. The van der Waals surface area contributed by atoms with Crippen molar-refractivity contribution in [2.75, 3.05) is 26.8 Å². The molecule has 2 N–H and O–H groups in total. The molecule has 1 aliphatic rings. The molecular weight excluding hydrogens is 292 g/mol. The highest BCUT2D eigenvalue weighted by Gasteiger charge is 2.15. The Hall–Kier alpha value is -1.75. The first-order valence-corrected chi connectivity index (χ1v) is 8.52. The Balaban J connectivity index is 1.75. The summed E-state index contributed by atoms with van der Waals surface area (Å²) >= 11 is 0. The summed E-state index contributed by atoms with van der Waals surface area (Å²) in [6.07, 6.45) is 4.90. The summed E-state index contributed by atoms with van der Waals surface area (Å²) in [5.74, 6) is 1.62. The largest absolute Gasteiger partial charge is 0.493 e. The third kappa shape index (κ3) is 5.75. The van der Waals surface area contributed by atoms with Crippen molar-refractivity contribution >= 4 is 5.91 Å². The summed E-state index contributed by atoms with van der Waals surface area (Å²) in [6, 6.07) is 6.25. The van der Waals surface area contributed by atoms with Crippen LogP contribution in [-0.2, 0) is 11.2 Å². The molecule has 1 atom stereocenters. The number of rotatable bonds is 8. The van der Waals surface area contributed by atoms with Gasteiger partial charge in [0, 0.05) is 19.0 Å². The number of hydrogen-bond donors (Lipinski definition) is 2. The Morgan fingerprint density at radius 1 is 1.35 bits per heavy atom. The minimum absolute atomic E-state index is 0.127. The van der Waals surface area contributed by atoms with E-state index in [1.165, 1.54) is 12.8 Å². The lowest BCUT2D eigenvalue weighted by Gasteiger charge is -2.22. The van der Waals surface area contributed by atoms with Gasteiger partial charge in [0.25, 0.3) is 0 Å². The van der Waals surface area contributed by atoms with Gasteiger partial charge >= 0.3 is 0 Å². The number of methoxy groups -OCH3 is 1. The highest BCUT2D eigenvalue weighted by Crippen LogP contribution is 2.28. The van der Waals surface area contributed by atoms with Gasteiger partial charge in [-0.05, 0) is 50.4 Å². The van der Waals surface area contributed by atoms with Crippen LogP contribution in [0.2, 0.25) is 0 Å². The van der Waals surface area contributed by atoms with Gasteiger partial charge in [0.15, 0.2) is 11.5 Å². The molecule has 1 aliphatic heterocycles. The Morgan fingerprint density at radius 3 is 2.91 bits per heavy atom. The lowest BCUT2D eigenvalue weighted by atomic mass is 10.0. The number of carbonyl (C=O) groups excluding carboxylic acids is 1. The summed E-state index contributed by atoms with van der Waals surface area (Å²) in [5.41, 5.74) is 1.13.